The third-order valence-electron chi connectivity index (χ3n) is 3.21. The number of amides is 1. The summed E-state index contributed by atoms with van der Waals surface area (Å²) < 4.78 is 0. The monoisotopic (exact) mass is 268 g/mol. The molecule has 5 heteroatoms. The molecule has 0 saturated carbocycles. The molecule has 102 valence electrons. The van der Waals surface area contributed by atoms with E-state index < -0.39 is 5.41 Å². The normalized spacial score (nSPS) is 11.9. The highest BCUT2D eigenvalue weighted by Gasteiger charge is 2.21. The number of carbonyl (C=O) groups is 1. The van der Waals surface area contributed by atoms with Crippen LogP contribution in [0.4, 0.5) is 5.95 Å². The van der Waals surface area contributed by atoms with Crippen molar-refractivity contribution in [1.82, 2.24) is 15.0 Å². The largest absolute Gasteiger partial charge is 0.325 e. The van der Waals surface area contributed by atoms with Crippen LogP contribution in [-0.4, -0.2) is 20.9 Å². The quantitative estimate of drug-likeness (QED) is 0.712. The number of aromatic amines is 1. The Morgan fingerprint density at radius 2 is 1.95 bits per heavy atom. The van der Waals surface area contributed by atoms with E-state index in [-0.39, 0.29) is 5.91 Å². The summed E-state index contributed by atoms with van der Waals surface area (Å²) in [6.45, 7) is 5.59. The number of rotatable bonds is 1. The van der Waals surface area contributed by atoms with Crippen LogP contribution in [0.1, 0.15) is 20.8 Å². The van der Waals surface area contributed by atoms with Gasteiger partial charge in [-0.15, -0.1) is 0 Å². The van der Waals surface area contributed by atoms with E-state index in [1.807, 2.05) is 39.0 Å². The van der Waals surface area contributed by atoms with Crippen molar-refractivity contribution in [1.29, 1.82) is 0 Å². The lowest BCUT2D eigenvalue weighted by molar-refractivity contribution is -0.123. The molecule has 0 bridgehead atoms. The molecule has 3 rings (SSSR count). The predicted octanol–water partition coefficient (Wildman–Crippen LogP) is 3.10. The highest BCUT2D eigenvalue weighted by atomic mass is 16.2. The number of H-pyrrole nitrogens is 1. The Morgan fingerprint density at radius 3 is 2.70 bits per heavy atom. The molecule has 2 aromatic heterocycles. The van der Waals surface area contributed by atoms with Crippen molar-refractivity contribution in [2.45, 2.75) is 20.8 Å². The van der Waals surface area contributed by atoms with E-state index in [4.69, 9.17) is 0 Å². The smallest absolute Gasteiger partial charge is 0.232 e. The molecular weight excluding hydrogens is 252 g/mol. The SMILES string of the molecule is CC(C)(C)C(=O)Nc1ncc2c(ccc3nccc32)[nH]1. The van der Waals surface area contributed by atoms with Gasteiger partial charge in [0.1, 0.15) is 0 Å². The topological polar surface area (TPSA) is 70.7 Å². The van der Waals surface area contributed by atoms with Gasteiger partial charge in [-0.3, -0.25) is 15.1 Å². The molecule has 0 atom stereocenters. The van der Waals surface area contributed by atoms with E-state index in [1.54, 1.807) is 12.4 Å². The van der Waals surface area contributed by atoms with Crippen LogP contribution in [0.15, 0.2) is 30.6 Å². The van der Waals surface area contributed by atoms with E-state index in [0.29, 0.717) is 5.95 Å². The molecule has 5 nitrogen and oxygen atoms in total. The molecule has 3 aromatic rings. The van der Waals surface area contributed by atoms with E-state index in [1.165, 1.54) is 0 Å². The summed E-state index contributed by atoms with van der Waals surface area (Å²) in [5, 5.41) is 4.84. The zero-order valence-corrected chi connectivity index (χ0v) is 11.7. The molecule has 0 radical (unpaired) electrons. The first-order valence-electron chi connectivity index (χ1n) is 6.49. The minimum Gasteiger partial charge on any atom is -0.325 e. The van der Waals surface area contributed by atoms with E-state index >= 15 is 0 Å². The third kappa shape index (κ3) is 2.11. The molecule has 0 aliphatic carbocycles. The van der Waals surface area contributed by atoms with Crippen molar-refractivity contribution < 1.29 is 4.79 Å². The van der Waals surface area contributed by atoms with Crippen molar-refractivity contribution in [3.63, 3.8) is 0 Å². The number of hydrogen-bond donors (Lipinski definition) is 2. The molecule has 2 heterocycles. The molecule has 1 aromatic carbocycles. The first-order valence-corrected chi connectivity index (χ1v) is 6.49. The van der Waals surface area contributed by atoms with Crippen LogP contribution >= 0.6 is 0 Å². The number of anilines is 1. The molecule has 2 N–H and O–H groups in total. The average Bonchev–Trinajstić information content (AvgIpc) is 2.85. The Balaban J connectivity index is 2.03. The van der Waals surface area contributed by atoms with Crippen LogP contribution < -0.4 is 5.32 Å². The second-order valence-corrected chi connectivity index (χ2v) is 5.84. The van der Waals surface area contributed by atoms with E-state index in [2.05, 4.69) is 20.3 Å². The van der Waals surface area contributed by atoms with Gasteiger partial charge < -0.3 is 4.98 Å². The lowest BCUT2D eigenvalue weighted by Gasteiger charge is -2.17. The Bertz CT molecular complexity index is 798. The molecule has 0 aliphatic rings. The Hall–Kier alpha value is -2.43. The Labute approximate surface area is 116 Å². The fraction of sp³-hybridized carbons (Fsp3) is 0.267. The van der Waals surface area contributed by atoms with Gasteiger partial charge in [-0.25, -0.2) is 4.98 Å². The van der Waals surface area contributed by atoms with Crippen LogP contribution in [0.3, 0.4) is 0 Å². The zero-order valence-electron chi connectivity index (χ0n) is 11.7. The molecule has 20 heavy (non-hydrogen) atoms. The van der Waals surface area contributed by atoms with Crippen molar-refractivity contribution in [3.05, 3.63) is 30.6 Å². The van der Waals surface area contributed by atoms with Crippen LogP contribution in [-0.2, 0) is 4.79 Å². The number of fused-ring (bicyclic) bond motifs is 3. The van der Waals surface area contributed by atoms with Gasteiger partial charge in [0.25, 0.3) is 0 Å². The van der Waals surface area contributed by atoms with Crippen LogP contribution in [0.2, 0.25) is 0 Å². The lowest BCUT2D eigenvalue weighted by Crippen LogP contribution is -2.28. The minimum absolute atomic E-state index is 0.0725. The van der Waals surface area contributed by atoms with Gasteiger partial charge in [0.2, 0.25) is 11.9 Å². The van der Waals surface area contributed by atoms with E-state index in [0.717, 1.165) is 21.8 Å². The third-order valence-corrected chi connectivity index (χ3v) is 3.21. The lowest BCUT2D eigenvalue weighted by atomic mass is 9.96. The molecule has 0 fully saturated rings. The summed E-state index contributed by atoms with van der Waals surface area (Å²) in [5.74, 6) is 0.382. The Kier molecular flexibility index (Phi) is 2.71. The number of aromatic nitrogens is 3. The van der Waals surface area contributed by atoms with Crippen LogP contribution in [0, 0.1) is 5.41 Å². The summed E-state index contributed by atoms with van der Waals surface area (Å²) in [6.07, 6.45) is 3.54. The van der Waals surface area contributed by atoms with Crippen LogP contribution in [0.25, 0.3) is 21.8 Å². The standard InChI is InChI=1S/C15H16N4O/c1-15(2,3)13(20)19-14-17-8-10-9-6-7-16-11(9)4-5-12(10)18-14/h4-8H,1-3H3,(H2,17,18,19,20). The maximum Gasteiger partial charge on any atom is 0.232 e. The fourth-order valence-electron chi connectivity index (χ4n) is 2.00. The van der Waals surface area contributed by atoms with Crippen molar-refractivity contribution >= 4 is 33.7 Å². The molecule has 1 amide bonds. The zero-order chi connectivity index (χ0) is 14.3. The van der Waals surface area contributed by atoms with Gasteiger partial charge in [-0.05, 0) is 18.2 Å². The van der Waals surface area contributed by atoms with Gasteiger partial charge in [0.15, 0.2) is 0 Å². The first kappa shape index (κ1) is 12.6. The van der Waals surface area contributed by atoms with Crippen molar-refractivity contribution in [2.24, 2.45) is 5.41 Å². The van der Waals surface area contributed by atoms with Crippen LogP contribution in [0.5, 0.6) is 0 Å². The summed E-state index contributed by atoms with van der Waals surface area (Å²) in [7, 11) is 0. The molecule has 0 unspecified atom stereocenters. The Morgan fingerprint density at radius 1 is 1.15 bits per heavy atom. The molecular formula is C15H16N4O. The fourth-order valence-corrected chi connectivity index (χ4v) is 2.00. The number of nitrogens with one attached hydrogen (secondary N) is 2. The summed E-state index contributed by atoms with van der Waals surface area (Å²) in [6, 6.07) is 5.85. The summed E-state index contributed by atoms with van der Waals surface area (Å²) in [5.41, 5.74) is 1.41. The summed E-state index contributed by atoms with van der Waals surface area (Å²) in [4.78, 5) is 23.6. The van der Waals surface area contributed by atoms with Crippen molar-refractivity contribution in [2.75, 3.05) is 5.32 Å². The average molecular weight is 268 g/mol. The number of benzene rings is 1. The van der Waals surface area contributed by atoms with Gasteiger partial charge in [-0.1, -0.05) is 20.8 Å². The van der Waals surface area contributed by atoms with Gasteiger partial charge in [0, 0.05) is 28.6 Å². The summed E-state index contributed by atoms with van der Waals surface area (Å²) >= 11 is 0. The van der Waals surface area contributed by atoms with E-state index in [9.17, 15) is 4.79 Å². The molecule has 0 spiro atoms. The van der Waals surface area contributed by atoms with Gasteiger partial charge in [-0.2, -0.15) is 0 Å². The number of hydrogen-bond acceptors (Lipinski definition) is 3. The molecule has 0 aliphatic heterocycles. The number of carbonyl (C=O) groups excluding carboxylic acids is 1. The first-order chi connectivity index (χ1) is 9.45. The highest BCUT2D eigenvalue weighted by Crippen LogP contribution is 2.24. The second-order valence-electron chi connectivity index (χ2n) is 5.84. The second kappa shape index (κ2) is 4.30. The van der Waals surface area contributed by atoms with Gasteiger partial charge >= 0.3 is 0 Å². The highest BCUT2D eigenvalue weighted by molar-refractivity contribution is 6.05. The predicted molar refractivity (Wildman–Crippen MR) is 79.5 cm³/mol. The van der Waals surface area contributed by atoms with Crippen molar-refractivity contribution in [3.8, 4) is 0 Å². The maximum absolute atomic E-state index is 12.0. The van der Waals surface area contributed by atoms with Gasteiger partial charge in [0.05, 0.1) is 11.0 Å². The minimum atomic E-state index is -0.454. The maximum atomic E-state index is 12.0. The molecule has 0 saturated heterocycles. The number of nitrogens with zero attached hydrogens (tertiary/aromatic N) is 2.